The summed E-state index contributed by atoms with van der Waals surface area (Å²) in [5, 5.41) is 8.55. The fraction of sp³-hybridized carbons (Fsp3) is 0.857. The number of hydrogen-bond donors (Lipinski definition) is 1. The van der Waals surface area contributed by atoms with Crippen molar-refractivity contribution in [2.24, 2.45) is 11.8 Å². The number of carboxylic acid groups (broad SMARTS) is 1. The van der Waals surface area contributed by atoms with E-state index in [4.69, 9.17) is 14.6 Å². The lowest BCUT2D eigenvalue weighted by atomic mass is 10.3. The molecule has 1 aliphatic heterocycles. The number of ether oxygens (including phenoxy) is 2. The molecular weight excluding hydrogens is 148 g/mol. The van der Waals surface area contributed by atoms with E-state index in [9.17, 15) is 4.79 Å². The summed E-state index contributed by atoms with van der Waals surface area (Å²) < 4.78 is 10.3. The Balaban J connectivity index is 1.79. The Bertz CT molecular complexity index is 185. The smallest absolute Gasteiger partial charge is 0.306 e. The van der Waals surface area contributed by atoms with E-state index < -0.39 is 5.97 Å². The molecule has 1 N–H and O–H groups in total. The van der Waals surface area contributed by atoms with E-state index in [1.54, 1.807) is 6.92 Å². The molecule has 0 amide bonds. The van der Waals surface area contributed by atoms with Crippen LogP contribution in [0.25, 0.3) is 0 Å². The van der Waals surface area contributed by atoms with Gasteiger partial charge >= 0.3 is 5.97 Å². The maximum atomic E-state index is 10.4. The maximum Gasteiger partial charge on any atom is 0.306 e. The highest BCUT2D eigenvalue weighted by Crippen LogP contribution is 2.46. The zero-order valence-corrected chi connectivity index (χ0v) is 6.19. The molecule has 1 saturated heterocycles. The van der Waals surface area contributed by atoms with Gasteiger partial charge in [-0.3, -0.25) is 4.79 Å². The molecule has 2 aliphatic rings. The number of rotatable bonds is 2. The molecule has 0 unspecified atom stereocenters. The average Bonchev–Trinajstić information content (AvgIpc) is 2.58. The molecular formula is C7H10O4. The van der Waals surface area contributed by atoms with Crippen molar-refractivity contribution in [2.45, 2.75) is 25.9 Å². The Morgan fingerprint density at radius 3 is 2.55 bits per heavy atom. The predicted octanol–water partition coefficient (Wildman–Crippen LogP) is 0.426. The third kappa shape index (κ3) is 1.12. The molecule has 2 fully saturated rings. The molecule has 1 aliphatic carbocycles. The first kappa shape index (κ1) is 7.06. The van der Waals surface area contributed by atoms with E-state index in [0.717, 1.165) is 0 Å². The van der Waals surface area contributed by atoms with Crippen LogP contribution in [-0.2, 0) is 14.3 Å². The summed E-state index contributed by atoms with van der Waals surface area (Å²) in [6.45, 7) is 1.80. The first-order chi connectivity index (χ1) is 5.18. The molecule has 4 nitrogen and oxygen atoms in total. The third-order valence-corrected chi connectivity index (χ3v) is 2.16. The highest BCUT2D eigenvalue weighted by Gasteiger charge is 2.53. The van der Waals surface area contributed by atoms with Gasteiger partial charge in [0.2, 0.25) is 0 Å². The van der Waals surface area contributed by atoms with E-state index in [-0.39, 0.29) is 24.4 Å². The Hall–Kier alpha value is -0.610. The van der Waals surface area contributed by atoms with Crippen LogP contribution >= 0.6 is 0 Å². The van der Waals surface area contributed by atoms with Gasteiger partial charge in [0.05, 0.1) is 5.92 Å². The Labute approximate surface area is 64.1 Å². The summed E-state index contributed by atoms with van der Waals surface area (Å²) in [5.41, 5.74) is 0. The van der Waals surface area contributed by atoms with Gasteiger partial charge in [-0.05, 0) is 13.3 Å². The Morgan fingerprint density at radius 2 is 2.18 bits per heavy atom. The summed E-state index contributed by atoms with van der Waals surface area (Å²) >= 11 is 0. The number of carboxylic acids is 1. The van der Waals surface area contributed by atoms with Crippen molar-refractivity contribution >= 4 is 5.97 Å². The van der Waals surface area contributed by atoms with Gasteiger partial charge in [-0.2, -0.15) is 0 Å². The van der Waals surface area contributed by atoms with Gasteiger partial charge in [0.1, 0.15) is 0 Å². The topological polar surface area (TPSA) is 55.8 Å². The van der Waals surface area contributed by atoms with E-state index in [1.165, 1.54) is 0 Å². The molecule has 0 bridgehead atoms. The van der Waals surface area contributed by atoms with Gasteiger partial charge in [0.15, 0.2) is 12.6 Å². The van der Waals surface area contributed by atoms with E-state index >= 15 is 0 Å². The lowest BCUT2D eigenvalue weighted by Gasteiger charge is -2.33. The fourth-order valence-electron chi connectivity index (χ4n) is 1.39. The second kappa shape index (κ2) is 2.19. The molecule has 2 atom stereocenters. The standard InChI is InChI=1S/C7H10O4/c1-3-10-7(11-3)5-2-4(5)6(8)9/h3-5,7H,2H2,1H3,(H,8,9)/t3?,4-,5-,7?/m1/s1. The molecule has 2 rings (SSSR count). The summed E-state index contributed by atoms with van der Waals surface area (Å²) in [7, 11) is 0. The lowest BCUT2D eigenvalue weighted by Crippen LogP contribution is -2.40. The third-order valence-electron chi connectivity index (χ3n) is 2.16. The first-order valence-electron chi connectivity index (χ1n) is 3.72. The molecule has 62 valence electrons. The summed E-state index contributed by atoms with van der Waals surface area (Å²) in [6.07, 6.45) is 0.313. The highest BCUT2D eigenvalue weighted by atomic mass is 16.9. The summed E-state index contributed by atoms with van der Waals surface area (Å²) in [4.78, 5) is 10.4. The maximum absolute atomic E-state index is 10.4. The summed E-state index contributed by atoms with van der Waals surface area (Å²) in [6, 6.07) is 0. The Kier molecular flexibility index (Phi) is 1.40. The lowest BCUT2D eigenvalue weighted by molar-refractivity contribution is -0.383. The van der Waals surface area contributed by atoms with Crippen molar-refractivity contribution in [3.05, 3.63) is 0 Å². The first-order valence-corrected chi connectivity index (χ1v) is 3.72. The van der Waals surface area contributed by atoms with Crippen molar-refractivity contribution < 1.29 is 19.4 Å². The zero-order chi connectivity index (χ0) is 8.01. The number of carbonyl (C=O) groups is 1. The normalized spacial score (nSPS) is 48.1. The van der Waals surface area contributed by atoms with Crippen molar-refractivity contribution in [1.82, 2.24) is 0 Å². The van der Waals surface area contributed by atoms with Crippen molar-refractivity contribution in [3.63, 3.8) is 0 Å². The van der Waals surface area contributed by atoms with E-state index in [1.807, 2.05) is 0 Å². The molecule has 11 heavy (non-hydrogen) atoms. The molecule has 0 spiro atoms. The fourth-order valence-corrected chi connectivity index (χ4v) is 1.39. The minimum Gasteiger partial charge on any atom is -0.481 e. The largest absolute Gasteiger partial charge is 0.481 e. The Morgan fingerprint density at radius 1 is 1.55 bits per heavy atom. The molecule has 4 heteroatoms. The molecule has 1 saturated carbocycles. The van der Waals surface area contributed by atoms with Crippen molar-refractivity contribution in [1.29, 1.82) is 0 Å². The van der Waals surface area contributed by atoms with Gasteiger partial charge < -0.3 is 14.6 Å². The van der Waals surface area contributed by atoms with Crippen LogP contribution in [0.15, 0.2) is 0 Å². The predicted molar refractivity (Wildman–Crippen MR) is 34.7 cm³/mol. The van der Waals surface area contributed by atoms with E-state index in [2.05, 4.69) is 0 Å². The van der Waals surface area contributed by atoms with Crippen LogP contribution in [0.5, 0.6) is 0 Å². The van der Waals surface area contributed by atoms with Crippen LogP contribution in [0.2, 0.25) is 0 Å². The number of hydrogen-bond acceptors (Lipinski definition) is 3. The van der Waals surface area contributed by atoms with Gasteiger partial charge in [-0.1, -0.05) is 0 Å². The zero-order valence-electron chi connectivity index (χ0n) is 6.19. The molecule has 0 radical (unpaired) electrons. The van der Waals surface area contributed by atoms with Crippen LogP contribution in [0, 0.1) is 11.8 Å². The van der Waals surface area contributed by atoms with E-state index in [0.29, 0.717) is 6.42 Å². The molecule has 0 aromatic heterocycles. The van der Waals surface area contributed by atoms with Gasteiger partial charge in [-0.15, -0.1) is 0 Å². The molecule has 0 aromatic rings. The van der Waals surface area contributed by atoms with Gasteiger partial charge in [-0.25, -0.2) is 0 Å². The van der Waals surface area contributed by atoms with Crippen LogP contribution in [0.1, 0.15) is 13.3 Å². The highest BCUT2D eigenvalue weighted by molar-refractivity contribution is 5.73. The number of aliphatic carboxylic acids is 1. The van der Waals surface area contributed by atoms with Crippen LogP contribution in [0.3, 0.4) is 0 Å². The minimum atomic E-state index is -0.734. The quantitative estimate of drug-likeness (QED) is 0.633. The summed E-state index contributed by atoms with van der Waals surface area (Å²) in [5.74, 6) is -0.863. The molecule has 0 aromatic carbocycles. The van der Waals surface area contributed by atoms with Crippen molar-refractivity contribution in [3.8, 4) is 0 Å². The van der Waals surface area contributed by atoms with Crippen molar-refractivity contribution in [2.75, 3.05) is 0 Å². The molecule has 1 heterocycles. The van der Waals surface area contributed by atoms with Gasteiger partial charge in [0, 0.05) is 5.92 Å². The monoisotopic (exact) mass is 158 g/mol. The average molecular weight is 158 g/mol. The minimum absolute atomic E-state index is 0.101. The van der Waals surface area contributed by atoms with Gasteiger partial charge in [0.25, 0.3) is 0 Å². The van der Waals surface area contributed by atoms with Crippen LogP contribution < -0.4 is 0 Å². The van der Waals surface area contributed by atoms with Crippen LogP contribution in [0.4, 0.5) is 0 Å². The van der Waals surface area contributed by atoms with Crippen LogP contribution in [-0.4, -0.2) is 23.7 Å². The second-order valence-corrected chi connectivity index (χ2v) is 3.05. The SMILES string of the molecule is CC1OC([C@@H]2C[C@H]2C(=O)O)O1. The second-order valence-electron chi connectivity index (χ2n) is 3.05.